The Hall–Kier alpha value is -1.02. The van der Waals surface area contributed by atoms with Gasteiger partial charge in [0.2, 0.25) is 0 Å². The number of hydrogen-bond donors (Lipinski definition) is 1. The minimum Gasteiger partial charge on any atom is -0.383 e. The van der Waals surface area contributed by atoms with Gasteiger partial charge in [-0.2, -0.15) is 0 Å². The van der Waals surface area contributed by atoms with Gasteiger partial charge in [0.25, 0.3) is 0 Å². The van der Waals surface area contributed by atoms with Gasteiger partial charge in [0, 0.05) is 24.3 Å². The van der Waals surface area contributed by atoms with Gasteiger partial charge in [-0.1, -0.05) is 18.2 Å². The molecular formula is C14H20N2. The van der Waals surface area contributed by atoms with Crippen LogP contribution in [0.25, 0.3) is 0 Å². The summed E-state index contributed by atoms with van der Waals surface area (Å²) in [6, 6.07) is 10.2. The number of hydrogen-bond acceptors (Lipinski definition) is 2. The molecule has 2 nitrogen and oxygen atoms in total. The average Bonchev–Trinajstić information content (AvgIpc) is 2.75. The molecular weight excluding hydrogens is 196 g/mol. The lowest BCUT2D eigenvalue weighted by Gasteiger charge is -2.35. The first kappa shape index (κ1) is 10.2. The van der Waals surface area contributed by atoms with Gasteiger partial charge < -0.3 is 5.32 Å². The molecule has 0 aromatic heterocycles. The standard InChI is InChI=1S/C14H20N2/c1-11-5-4-8-16(11)13-9-12-6-2-3-7-14(12)15-10-13/h2-3,6-7,11,13,15H,4-5,8-10H2,1H3. The van der Waals surface area contributed by atoms with Crippen molar-refractivity contribution in [1.29, 1.82) is 0 Å². The fourth-order valence-electron chi connectivity index (χ4n) is 3.16. The normalized spacial score (nSPS) is 29.8. The number of para-hydroxylation sites is 1. The molecule has 1 aromatic carbocycles. The molecule has 0 spiro atoms. The van der Waals surface area contributed by atoms with E-state index in [2.05, 4.69) is 41.4 Å². The molecule has 2 heterocycles. The van der Waals surface area contributed by atoms with Crippen LogP contribution in [-0.4, -0.2) is 30.1 Å². The Balaban J connectivity index is 1.77. The van der Waals surface area contributed by atoms with Crippen molar-refractivity contribution in [2.45, 2.75) is 38.3 Å². The molecule has 2 atom stereocenters. The van der Waals surface area contributed by atoms with Crippen LogP contribution in [0.4, 0.5) is 5.69 Å². The lowest BCUT2D eigenvalue weighted by Crippen LogP contribution is -2.45. The summed E-state index contributed by atoms with van der Waals surface area (Å²) in [5.74, 6) is 0. The summed E-state index contributed by atoms with van der Waals surface area (Å²) in [7, 11) is 0. The number of benzene rings is 1. The van der Waals surface area contributed by atoms with Crippen molar-refractivity contribution in [2.24, 2.45) is 0 Å². The lowest BCUT2D eigenvalue weighted by atomic mass is 9.98. The highest BCUT2D eigenvalue weighted by Gasteiger charge is 2.29. The first-order valence-corrected chi connectivity index (χ1v) is 6.42. The summed E-state index contributed by atoms with van der Waals surface area (Å²) in [5.41, 5.74) is 2.82. The van der Waals surface area contributed by atoms with E-state index in [1.54, 1.807) is 0 Å². The van der Waals surface area contributed by atoms with Gasteiger partial charge in [0.05, 0.1) is 0 Å². The van der Waals surface area contributed by atoms with E-state index in [0.717, 1.165) is 12.6 Å². The van der Waals surface area contributed by atoms with Gasteiger partial charge in [-0.3, -0.25) is 4.90 Å². The van der Waals surface area contributed by atoms with Crippen molar-refractivity contribution in [1.82, 2.24) is 4.90 Å². The zero-order valence-electron chi connectivity index (χ0n) is 9.95. The molecule has 1 aromatic rings. The average molecular weight is 216 g/mol. The minimum atomic E-state index is 0.701. The van der Waals surface area contributed by atoms with E-state index in [4.69, 9.17) is 0 Å². The van der Waals surface area contributed by atoms with E-state index < -0.39 is 0 Å². The van der Waals surface area contributed by atoms with E-state index in [-0.39, 0.29) is 0 Å². The number of nitrogens with one attached hydrogen (secondary N) is 1. The Morgan fingerprint density at radius 2 is 2.19 bits per heavy atom. The summed E-state index contributed by atoms with van der Waals surface area (Å²) in [6.07, 6.45) is 3.96. The van der Waals surface area contributed by atoms with Crippen molar-refractivity contribution in [3.8, 4) is 0 Å². The number of anilines is 1. The predicted molar refractivity (Wildman–Crippen MR) is 67.8 cm³/mol. The maximum Gasteiger partial charge on any atom is 0.0373 e. The molecule has 2 aliphatic rings. The van der Waals surface area contributed by atoms with Crippen LogP contribution < -0.4 is 5.32 Å². The molecule has 3 rings (SSSR count). The van der Waals surface area contributed by atoms with Crippen LogP contribution in [0.3, 0.4) is 0 Å². The van der Waals surface area contributed by atoms with Gasteiger partial charge in [-0.15, -0.1) is 0 Å². The van der Waals surface area contributed by atoms with Crippen molar-refractivity contribution in [3.05, 3.63) is 29.8 Å². The van der Waals surface area contributed by atoms with E-state index in [1.807, 2.05) is 0 Å². The summed E-state index contributed by atoms with van der Waals surface area (Å²) in [5, 5.41) is 3.57. The predicted octanol–water partition coefficient (Wildman–Crippen LogP) is 2.51. The summed E-state index contributed by atoms with van der Waals surface area (Å²) in [4.78, 5) is 2.68. The monoisotopic (exact) mass is 216 g/mol. The summed E-state index contributed by atoms with van der Waals surface area (Å²) >= 11 is 0. The first-order chi connectivity index (χ1) is 7.84. The highest BCUT2D eigenvalue weighted by Crippen LogP contribution is 2.27. The van der Waals surface area contributed by atoms with Crippen LogP contribution in [0, 0.1) is 0 Å². The molecule has 0 radical (unpaired) electrons. The zero-order chi connectivity index (χ0) is 11.0. The molecule has 86 valence electrons. The topological polar surface area (TPSA) is 15.3 Å². The Kier molecular flexibility index (Phi) is 2.60. The van der Waals surface area contributed by atoms with Crippen LogP contribution in [0.5, 0.6) is 0 Å². The molecule has 1 saturated heterocycles. The van der Waals surface area contributed by atoms with Gasteiger partial charge in [0.1, 0.15) is 0 Å². The third-order valence-electron chi connectivity index (χ3n) is 4.07. The maximum atomic E-state index is 3.57. The van der Waals surface area contributed by atoms with Crippen LogP contribution in [0.15, 0.2) is 24.3 Å². The Morgan fingerprint density at radius 3 is 3.00 bits per heavy atom. The van der Waals surface area contributed by atoms with E-state index in [1.165, 1.54) is 37.1 Å². The third kappa shape index (κ3) is 1.71. The molecule has 2 aliphatic heterocycles. The van der Waals surface area contributed by atoms with Crippen LogP contribution in [0.1, 0.15) is 25.3 Å². The van der Waals surface area contributed by atoms with E-state index >= 15 is 0 Å². The quantitative estimate of drug-likeness (QED) is 0.776. The molecule has 2 unspecified atom stereocenters. The molecule has 0 saturated carbocycles. The third-order valence-corrected chi connectivity index (χ3v) is 4.07. The number of likely N-dealkylation sites (tertiary alicyclic amines) is 1. The van der Waals surface area contributed by atoms with E-state index in [0.29, 0.717) is 6.04 Å². The largest absolute Gasteiger partial charge is 0.383 e. The van der Waals surface area contributed by atoms with Gasteiger partial charge >= 0.3 is 0 Å². The van der Waals surface area contributed by atoms with Gasteiger partial charge in [0.15, 0.2) is 0 Å². The summed E-state index contributed by atoms with van der Waals surface area (Å²) in [6.45, 7) is 4.77. The Labute approximate surface area is 97.6 Å². The fourth-order valence-corrected chi connectivity index (χ4v) is 3.16. The molecule has 16 heavy (non-hydrogen) atoms. The second kappa shape index (κ2) is 4.10. The van der Waals surface area contributed by atoms with Crippen molar-refractivity contribution in [2.75, 3.05) is 18.4 Å². The molecule has 0 aliphatic carbocycles. The number of rotatable bonds is 1. The fraction of sp³-hybridized carbons (Fsp3) is 0.571. The highest BCUT2D eigenvalue weighted by atomic mass is 15.2. The molecule has 0 amide bonds. The smallest absolute Gasteiger partial charge is 0.0373 e. The second-order valence-corrected chi connectivity index (χ2v) is 5.13. The van der Waals surface area contributed by atoms with Crippen LogP contribution in [-0.2, 0) is 6.42 Å². The van der Waals surface area contributed by atoms with Crippen LogP contribution in [0.2, 0.25) is 0 Å². The first-order valence-electron chi connectivity index (χ1n) is 6.42. The minimum absolute atomic E-state index is 0.701. The molecule has 0 bridgehead atoms. The lowest BCUT2D eigenvalue weighted by molar-refractivity contribution is 0.194. The highest BCUT2D eigenvalue weighted by molar-refractivity contribution is 5.53. The van der Waals surface area contributed by atoms with Crippen molar-refractivity contribution in [3.63, 3.8) is 0 Å². The molecule has 2 heteroatoms. The molecule has 1 fully saturated rings. The van der Waals surface area contributed by atoms with Crippen molar-refractivity contribution < 1.29 is 0 Å². The second-order valence-electron chi connectivity index (χ2n) is 5.13. The summed E-state index contributed by atoms with van der Waals surface area (Å²) < 4.78 is 0. The van der Waals surface area contributed by atoms with E-state index in [9.17, 15) is 0 Å². The number of nitrogens with zero attached hydrogens (tertiary/aromatic N) is 1. The van der Waals surface area contributed by atoms with Gasteiger partial charge in [-0.05, 0) is 44.4 Å². The number of fused-ring (bicyclic) bond motifs is 1. The van der Waals surface area contributed by atoms with Crippen LogP contribution >= 0.6 is 0 Å². The maximum absolute atomic E-state index is 3.57. The Bertz CT molecular complexity index is 375. The molecule has 1 N–H and O–H groups in total. The SMILES string of the molecule is CC1CCCN1C1CNc2ccccc2C1. The van der Waals surface area contributed by atoms with Crippen molar-refractivity contribution >= 4 is 5.69 Å². The van der Waals surface area contributed by atoms with Gasteiger partial charge in [-0.25, -0.2) is 0 Å². The Morgan fingerprint density at radius 1 is 1.31 bits per heavy atom. The zero-order valence-corrected chi connectivity index (χ0v) is 9.95.